The molecule has 1 aromatic carbocycles. The van der Waals surface area contributed by atoms with Gasteiger partial charge in [-0.3, -0.25) is 4.79 Å². The minimum atomic E-state index is -0.757. The molecule has 0 unspecified atom stereocenters. The van der Waals surface area contributed by atoms with E-state index in [0.29, 0.717) is 12.5 Å². The molecule has 1 atom stereocenters. The number of hydrogen-bond donors (Lipinski definition) is 2. The normalized spacial score (nSPS) is 12.7. The summed E-state index contributed by atoms with van der Waals surface area (Å²) < 4.78 is 1.05. The van der Waals surface area contributed by atoms with Gasteiger partial charge in [-0.25, -0.2) is 0 Å². The number of carbonyl (C=O) groups is 1. The Morgan fingerprint density at radius 1 is 1.35 bits per heavy atom. The first-order valence-electron chi connectivity index (χ1n) is 5.68. The maximum Gasteiger partial charge on any atom is 0.304 e. The van der Waals surface area contributed by atoms with E-state index in [4.69, 9.17) is 5.11 Å². The van der Waals surface area contributed by atoms with E-state index in [2.05, 4.69) is 21.2 Å². The molecule has 94 valence electrons. The van der Waals surface area contributed by atoms with Crippen LogP contribution >= 0.6 is 15.9 Å². The molecule has 17 heavy (non-hydrogen) atoms. The van der Waals surface area contributed by atoms with Gasteiger partial charge in [0.15, 0.2) is 0 Å². The second-order valence-corrected chi connectivity index (χ2v) is 5.37. The van der Waals surface area contributed by atoms with Crippen LogP contribution in [0.4, 0.5) is 0 Å². The second-order valence-electron chi connectivity index (χ2n) is 4.46. The van der Waals surface area contributed by atoms with Gasteiger partial charge >= 0.3 is 5.97 Å². The minimum absolute atomic E-state index is 0.0103. The summed E-state index contributed by atoms with van der Waals surface area (Å²) in [6.45, 7) is 4.76. The van der Waals surface area contributed by atoms with E-state index in [0.717, 1.165) is 10.0 Å². The average Bonchev–Trinajstić information content (AvgIpc) is 2.25. The predicted molar refractivity (Wildman–Crippen MR) is 71.9 cm³/mol. The molecule has 0 aromatic heterocycles. The van der Waals surface area contributed by atoms with Crippen molar-refractivity contribution in [1.82, 2.24) is 5.32 Å². The first-order valence-corrected chi connectivity index (χ1v) is 6.48. The Hall–Kier alpha value is -0.870. The van der Waals surface area contributed by atoms with E-state index in [1.165, 1.54) is 0 Å². The van der Waals surface area contributed by atoms with E-state index >= 15 is 0 Å². The lowest BCUT2D eigenvalue weighted by Crippen LogP contribution is -2.35. The Kier molecular flexibility index (Phi) is 5.65. The fraction of sp³-hybridized carbons (Fsp3) is 0.462. The van der Waals surface area contributed by atoms with Crippen LogP contribution < -0.4 is 5.32 Å². The zero-order valence-electron chi connectivity index (χ0n) is 10.1. The molecule has 0 saturated carbocycles. The monoisotopic (exact) mass is 299 g/mol. The number of halogens is 1. The third-order valence-corrected chi connectivity index (χ3v) is 3.21. The quantitative estimate of drug-likeness (QED) is 0.849. The molecule has 1 rings (SSSR count). The molecule has 1 aromatic rings. The van der Waals surface area contributed by atoms with Gasteiger partial charge in [0.1, 0.15) is 0 Å². The first-order chi connectivity index (χ1) is 7.99. The molecule has 0 aliphatic rings. The number of aliphatic carboxylic acids is 1. The fourth-order valence-corrected chi connectivity index (χ4v) is 1.85. The van der Waals surface area contributed by atoms with Gasteiger partial charge in [0.25, 0.3) is 0 Å². The molecule has 0 saturated heterocycles. The van der Waals surface area contributed by atoms with Gasteiger partial charge in [0.05, 0.1) is 6.42 Å². The lowest BCUT2D eigenvalue weighted by atomic mass is 10.0. The summed E-state index contributed by atoms with van der Waals surface area (Å²) in [5.74, 6) is -0.450. The summed E-state index contributed by atoms with van der Waals surface area (Å²) in [4.78, 5) is 10.7. The largest absolute Gasteiger partial charge is 0.481 e. The zero-order chi connectivity index (χ0) is 12.8. The molecule has 0 heterocycles. The molecule has 0 amide bonds. The maximum atomic E-state index is 10.7. The number of nitrogens with one attached hydrogen (secondary N) is 1. The number of rotatable bonds is 6. The van der Waals surface area contributed by atoms with Crippen molar-refractivity contribution in [2.24, 2.45) is 5.92 Å². The fourth-order valence-electron chi connectivity index (χ4n) is 1.58. The van der Waals surface area contributed by atoms with Crippen molar-refractivity contribution in [2.75, 3.05) is 0 Å². The third kappa shape index (κ3) is 5.33. The highest BCUT2D eigenvalue weighted by atomic mass is 79.9. The van der Waals surface area contributed by atoms with E-state index in [1.54, 1.807) is 0 Å². The van der Waals surface area contributed by atoms with Gasteiger partial charge in [0, 0.05) is 17.1 Å². The molecule has 4 heteroatoms. The molecule has 2 N–H and O–H groups in total. The van der Waals surface area contributed by atoms with Crippen molar-refractivity contribution in [3.05, 3.63) is 34.3 Å². The van der Waals surface area contributed by atoms with Crippen LogP contribution in [-0.2, 0) is 11.3 Å². The first kappa shape index (κ1) is 14.2. The highest BCUT2D eigenvalue weighted by molar-refractivity contribution is 9.10. The number of carboxylic acids is 1. The molecule has 3 nitrogen and oxygen atoms in total. The predicted octanol–water partition coefficient (Wildman–Crippen LogP) is 3.04. The number of hydrogen-bond acceptors (Lipinski definition) is 2. The van der Waals surface area contributed by atoms with Crippen LogP contribution in [0, 0.1) is 5.92 Å². The molecule has 0 spiro atoms. The number of carboxylic acid groups (broad SMARTS) is 1. The maximum absolute atomic E-state index is 10.7. The van der Waals surface area contributed by atoms with Crippen LogP contribution in [0.1, 0.15) is 25.8 Å². The molecule has 0 aliphatic heterocycles. The molecule has 0 bridgehead atoms. The van der Waals surface area contributed by atoms with Crippen molar-refractivity contribution >= 4 is 21.9 Å². The lowest BCUT2D eigenvalue weighted by Gasteiger charge is -2.20. The van der Waals surface area contributed by atoms with Gasteiger partial charge in [-0.1, -0.05) is 41.9 Å². The molecule has 0 aliphatic carbocycles. The minimum Gasteiger partial charge on any atom is -0.481 e. The van der Waals surface area contributed by atoms with Crippen molar-refractivity contribution in [3.63, 3.8) is 0 Å². The smallest absolute Gasteiger partial charge is 0.304 e. The third-order valence-electron chi connectivity index (χ3n) is 2.68. The zero-order valence-corrected chi connectivity index (χ0v) is 11.7. The van der Waals surface area contributed by atoms with Crippen LogP contribution in [0.3, 0.4) is 0 Å². The summed E-state index contributed by atoms with van der Waals surface area (Å²) >= 11 is 3.38. The van der Waals surface area contributed by atoms with Crippen molar-refractivity contribution < 1.29 is 9.90 Å². The standard InChI is InChI=1S/C13H18BrNO2/c1-9(2)12(7-13(16)17)15-8-10-3-5-11(14)6-4-10/h3-6,9,12,15H,7-8H2,1-2H3,(H,16,17)/t12-/m0/s1. The lowest BCUT2D eigenvalue weighted by molar-refractivity contribution is -0.137. The van der Waals surface area contributed by atoms with Gasteiger partial charge in [-0.15, -0.1) is 0 Å². The van der Waals surface area contributed by atoms with E-state index in [-0.39, 0.29) is 12.5 Å². The van der Waals surface area contributed by atoms with Crippen molar-refractivity contribution in [3.8, 4) is 0 Å². The Morgan fingerprint density at radius 2 is 1.94 bits per heavy atom. The summed E-state index contributed by atoms with van der Waals surface area (Å²) in [7, 11) is 0. The van der Waals surface area contributed by atoms with Gasteiger partial charge in [-0.2, -0.15) is 0 Å². The summed E-state index contributed by atoms with van der Waals surface area (Å²) in [5, 5.41) is 12.1. The Bertz CT molecular complexity index is 362. The SMILES string of the molecule is CC(C)[C@H](CC(=O)O)NCc1ccc(Br)cc1. The summed E-state index contributed by atoms with van der Waals surface area (Å²) in [5.41, 5.74) is 1.16. The van der Waals surface area contributed by atoms with E-state index < -0.39 is 5.97 Å². The van der Waals surface area contributed by atoms with E-state index in [1.807, 2.05) is 38.1 Å². The summed E-state index contributed by atoms with van der Waals surface area (Å²) in [6, 6.07) is 8.03. The van der Waals surface area contributed by atoms with Crippen LogP contribution in [0.25, 0.3) is 0 Å². The average molecular weight is 300 g/mol. The molecular formula is C13H18BrNO2. The highest BCUT2D eigenvalue weighted by Crippen LogP contribution is 2.12. The van der Waals surface area contributed by atoms with Crippen LogP contribution in [0.5, 0.6) is 0 Å². The Labute approximate surface area is 110 Å². The Balaban J connectivity index is 2.51. The summed E-state index contributed by atoms with van der Waals surface area (Å²) in [6.07, 6.45) is 0.161. The van der Waals surface area contributed by atoms with Gasteiger partial charge in [0.2, 0.25) is 0 Å². The topological polar surface area (TPSA) is 49.3 Å². The van der Waals surface area contributed by atoms with Crippen LogP contribution in [0.2, 0.25) is 0 Å². The molecular weight excluding hydrogens is 282 g/mol. The van der Waals surface area contributed by atoms with E-state index in [9.17, 15) is 4.79 Å². The molecule has 0 fully saturated rings. The van der Waals surface area contributed by atoms with Gasteiger partial charge in [-0.05, 0) is 23.6 Å². The molecule has 0 radical (unpaired) electrons. The Morgan fingerprint density at radius 3 is 2.41 bits per heavy atom. The van der Waals surface area contributed by atoms with Crippen molar-refractivity contribution in [2.45, 2.75) is 32.9 Å². The van der Waals surface area contributed by atoms with Crippen LogP contribution in [-0.4, -0.2) is 17.1 Å². The van der Waals surface area contributed by atoms with Gasteiger partial charge < -0.3 is 10.4 Å². The highest BCUT2D eigenvalue weighted by Gasteiger charge is 2.16. The van der Waals surface area contributed by atoms with Crippen molar-refractivity contribution in [1.29, 1.82) is 0 Å². The second kappa shape index (κ2) is 6.77. The number of benzene rings is 1. The van der Waals surface area contributed by atoms with Crippen LogP contribution in [0.15, 0.2) is 28.7 Å².